The molecule has 2 rings (SSSR count). The monoisotopic (exact) mass is 336 g/mol. The average Bonchev–Trinajstić information content (AvgIpc) is 2.56. The van der Waals surface area contributed by atoms with Crippen LogP contribution in [0, 0.1) is 0 Å². The Bertz CT molecular complexity index is 617. The molecule has 0 saturated heterocycles. The van der Waals surface area contributed by atoms with Crippen molar-refractivity contribution in [1.29, 1.82) is 0 Å². The third-order valence-electron chi connectivity index (χ3n) is 3.22. The van der Waals surface area contributed by atoms with Gasteiger partial charge in [0.25, 0.3) is 0 Å². The lowest BCUT2D eigenvalue weighted by Gasteiger charge is -2.22. The molecular weight excluding hydrogens is 315 g/mol. The summed E-state index contributed by atoms with van der Waals surface area (Å²) in [5.41, 5.74) is 1.84. The minimum atomic E-state index is -3.91. The highest BCUT2D eigenvalue weighted by Crippen LogP contribution is 2.47. The van der Waals surface area contributed by atoms with Crippen LogP contribution in [0.5, 0.6) is 0 Å². The quantitative estimate of drug-likeness (QED) is 0.543. The molecule has 0 amide bonds. The standard InChI is InChI=1S/C17H21O5P/c18-11-12-21-14-23(19,20)22-17(16-9-5-2-6-10-16)13-15-7-3-1-4-8-15/h1-10,17-18H,11-14H2,(H,19,20). The summed E-state index contributed by atoms with van der Waals surface area (Å²) in [6, 6.07) is 19.0. The van der Waals surface area contributed by atoms with Crippen LogP contribution in [-0.4, -0.2) is 29.6 Å². The van der Waals surface area contributed by atoms with Crippen molar-refractivity contribution >= 4 is 7.60 Å². The SMILES string of the molecule is O=P(O)(COCCO)OC(Cc1ccccc1)c1ccccc1. The largest absolute Gasteiger partial charge is 0.394 e. The van der Waals surface area contributed by atoms with Gasteiger partial charge in [-0.25, -0.2) is 0 Å². The van der Waals surface area contributed by atoms with E-state index in [-0.39, 0.29) is 13.2 Å². The van der Waals surface area contributed by atoms with Crippen LogP contribution < -0.4 is 0 Å². The Morgan fingerprint density at radius 2 is 1.61 bits per heavy atom. The molecule has 0 fully saturated rings. The number of ether oxygens (including phenoxy) is 1. The lowest BCUT2D eigenvalue weighted by atomic mass is 10.0. The van der Waals surface area contributed by atoms with Crippen LogP contribution in [-0.2, 0) is 20.2 Å². The van der Waals surface area contributed by atoms with E-state index in [1.54, 1.807) is 0 Å². The zero-order valence-electron chi connectivity index (χ0n) is 12.7. The molecule has 2 aromatic carbocycles. The highest BCUT2D eigenvalue weighted by atomic mass is 31.2. The fraction of sp³-hybridized carbons (Fsp3) is 0.294. The van der Waals surface area contributed by atoms with Crippen molar-refractivity contribution in [2.24, 2.45) is 0 Å². The van der Waals surface area contributed by atoms with Crippen LogP contribution >= 0.6 is 7.60 Å². The molecule has 0 saturated carbocycles. The molecule has 2 aromatic rings. The fourth-order valence-corrected chi connectivity index (χ4v) is 3.20. The highest BCUT2D eigenvalue weighted by molar-refractivity contribution is 7.52. The number of rotatable bonds is 9. The molecule has 0 aliphatic heterocycles. The van der Waals surface area contributed by atoms with Gasteiger partial charge >= 0.3 is 7.60 Å². The topological polar surface area (TPSA) is 76.0 Å². The van der Waals surface area contributed by atoms with Crippen molar-refractivity contribution in [1.82, 2.24) is 0 Å². The first-order chi connectivity index (χ1) is 11.1. The maximum absolute atomic E-state index is 12.2. The van der Waals surface area contributed by atoms with Crippen molar-refractivity contribution in [3.05, 3.63) is 71.8 Å². The summed E-state index contributed by atoms with van der Waals surface area (Å²) >= 11 is 0. The van der Waals surface area contributed by atoms with E-state index in [9.17, 15) is 9.46 Å². The van der Waals surface area contributed by atoms with Gasteiger partial charge in [0.1, 0.15) is 6.35 Å². The van der Waals surface area contributed by atoms with Crippen molar-refractivity contribution in [3.8, 4) is 0 Å². The molecule has 2 atom stereocenters. The number of aliphatic hydroxyl groups excluding tert-OH is 1. The van der Waals surface area contributed by atoms with Gasteiger partial charge in [0.05, 0.1) is 19.3 Å². The van der Waals surface area contributed by atoms with Crippen molar-refractivity contribution in [2.45, 2.75) is 12.5 Å². The van der Waals surface area contributed by atoms with Crippen LogP contribution in [0.2, 0.25) is 0 Å². The third kappa shape index (κ3) is 6.26. The Balaban J connectivity index is 2.12. The summed E-state index contributed by atoms with van der Waals surface area (Å²) in [5, 5.41) is 8.68. The van der Waals surface area contributed by atoms with E-state index in [1.165, 1.54) is 0 Å². The van der Waals surface area contributed by atoms with Crippen LogP contribution in [0.15, 0.2) is 60.7 Å². The molecule has 0 bridgehead atoms. The lowest BCUT2D eigenvalue weighted by Crippen LogP contribution is -2.10. The minimum absolute atomic E-state index is 0.00258. The number of hydrogen-bond acceptors (Lipinski definition) is 4. The first-order valence-electron chi connectivity index (χ1n) is 7.38. The zero-order valence-corrected chi connectivity index (χ0v) is 13.6. The Morgan fingerprint density at radius 1 is 1.00 bits per heavy atom. The van der Waals surface area contributed by atoms with Gasteiger partial charge in [-0.1, -0.05) is 60.7 Å². The number of benzene rings is 2. The van der Waals surface area contributed by atoms with Gasteiger partial charge in [0, 0.05) is 6.42 Å². The summed E-state index contributed by atoms with van der Waals surface area (Å²) in [4.78, 5) is 9.98. The van der Waals surface area contributed by atoms with Crippen molar-refractivity contribution in [2.75, 3.05) is 19.6 Å². The van der Waals surface area contributed by atoms with E-state index in [0.29, 0.717) is 6.42 Å². The van der Waals surface area contributed by atoms with Gasteiger partial charge in [-0.3, -0.25) is 9.09 Å². The van der Waals surface area contributed by atoms with E-state index >= 15 is 0 Å². The Morgan fingerprint density at radius 3 is 2.22 bits per heavy atom. The Hall–Kier alpha value is -1.49. The van der Waals surface area contributed by atoms with Crippen LogP contribution in [0.1, 0.15) is 17.2 Å². The minimum Gasteiger partial charge on any atom is -0.394 e. The summed E-state index contributed by atoms with van der Waals surface area (Å²) in [7, 11) is -3.91. The van der Waals surface area contributed by atoms with Crippen LogP contribution in [0.3, 0.4) is 0 Å². The van der Waals surface area contributed by atoms with Crippen LogP contribution in [0.4, 0.5) is 0 Å². The second kappa shape index (κ2) is 8.96. The first kappa shape index (κ1) is 17.9. The molecule has 23 heavy (non-hydrogen) atoms. The van der Waals surface area contributed by atoms with Gasteiger partial charge < -0.3 is 14.7 Å². The second-order valence-electron chi connectivity index (χ2n) is 5.09. The lowest BCUT2D eigenvalue weighted by molar-refractivity contribution is 0.0947. The summed E-state index contributed by atoms with van der Waals surface area (Å²) in [5.74, 6) is 0. The second-order valence-corrected chi connectivity index (χ2v) is 6.84. The summed E-state index contributed by atoms with van der Waals surface area (Å²) in [6.07, 6.45) is -0.506. The highest BCUT2D eigenvalue weighted by Gasteiger charge is 2.26. The third-order valence-corrected chi connectivity index (χ3v) is 4.31. The molecular formula is C17H21O5P. The Labute approximate surface area is 136 Å². The molecule has 6 heteroatoms. The summed E-state index contributed by atoms with van der Waals surface area (Å²) < 4.78 is 22.6. The zero-order chi connectivity index (χ0) is 16.5. The van der Waals surface area contributed by atoms with Gasteiger partial charge in [-0.05, 0) is 11.1 Å². The first-order valence-corrected chi connectivity index (χ1v) is 9.15. The van der Waals surface area contributed by atoms with E-state index in [4.69, 9.17) is 14.4 Å². The Kier molecular flexibility index (Phi) is 6.96. The molecule has 0 aliphatic rings. The fourth-order valence-electron chi connectivity index (χ4n) is 2.19. The maximum Gasteiger partial charge on any atom is 0.354 e. The maximum atomic E-state index is 12.2. The van der Waals surface area contributed by atoms with Gasteiger partial charge in [0.15, 0.2) is 0 Å². The normalized spacial score (nSPS) is 15.0. The molecule has 0 radical (unpaired) electrons. The van der Waals surface area contributed by atoms with E-state index in [0.717, 1.165) is 11.1 Å². The molecule has 0 aromatic heterocycles. The van der Waals surface area contributed by atoms with E-state index < -0.39 is 20.0 Å². The summed E-state index contributed by atoms with van der Waals surface area (Å²) in [6.45, 7) is -0.200. The molecule has 124 valence electrons. The molecule has 2 unspecified atom stereocenters. The predicted octanol–water partition coefficient (Wildman–Crippen LogP) is 3.14. The molecule has 2 N–H and O–H groups in total. The van der Waals surface area contributed by atoms with Crippen molar-refractivity contribution in [3.63, 3.8) is 0 Å². The van der Waals surface area contributed by atoms with Gasteiger partial charge in [0.2, 0.25) is 0 Å². The number of aliphatic hydroxyl groups is 1. The molecule has 0 heterocycles. The average molecular weight is 336 g/mol. The van der Waals surface area contributed by atoms with Crippen molar-refractivity contribution < 1.29 is 23.8 Å². The predicted molar refractivity (Wildman–Crippen MR) is 88.1 cm³/mol. The smallest absolute Gasteiger partial charge is 0.354 e. The van der Waals surface area contributed by atoms with Gasteiger partial charge in [-0.2, -0.15) is 0 Å². The molecule has 5 nitrogen and oxygen atoms in total. The van der Waals surface area contributed by atoms with Crippen LogP contribution in [0.25, 0.3) is 0 Å². The van der Waals surface area contributed by atoms with E-state index in [2.05, 4.69) is 0 Å². The number of hydrogen-bond donors (Lipinski definition) is 2. The van der Waals surface area contributed by atoms with E-state index in [1.807, 2.05) is 60.7 Å². The van der Waals surface area contributed by atoms with Gasteiger partial charge in [-0.15, -0.1) is 0 Å². The molecule has 0 spiro atoms. The molecule has 0 aliphatic carbocycles.